The van der Waals surface area contributed by atoms with Gasteiger partial charge in [0.25, 0.3) is 5.91 Å². The van der Waals surface area contributed by atoms with E-state index in [4.69, 9.17) is 4.74 Å². The fourth-order valence-corrected chi connectivity index (χ4v) is 2.45. The molecular weight excluding hydrogens is 268 g/mol. The van der Waals surface area contributed by atoms with E-state index in [-0.39, 0.29) is 17.9 Å². The van der Waals surface area contributed by atoms with Gasteiger partial charge in [-0.3, -0.25) is 9.59 Å². The van der Waals surface area contributed by atoms with Crippen molar-refractivity contribution in [2.45, 2.75) is 32.7 Å². The van der Waals surface area contributed by atoms with Crippen LogP contribution in [0.1, 0.15) is 36.2 Å². The van der Waals surface area contributed by atoms with Crippen LogP contribution in [0.4, 0.5) is 5.69 Å². The first-order valence-corrected chi connectivity index (χ1v) is 7.29. The molecule has 1 aliphatic heterocycles. The standard InChI is InChI=1S/C16H22N2O3/c1-4-11(2)18(7-8-21-3)16(20)13-6-5-12-10-15(19)17-14(12)9-13/h5-6,9,11H,4,7-8,10H2,1-3H3,(H,17,19). The Morgan fingerprint density at radius 1 is 1.48 bits per heavy atom. The second kappa shape index (κ2) is 6.72. The van der Waals surface area contributed by atoms with Crippen molar-refractivity contribution in [3.05, 3.63) is 29.3 Å². The maximum Gasteiger partial charge on any atom is 0.254 e. The van der Waals surface area contributed by atoms with Gasteiger partial charge in [0.2, 0.25) is 5.91 Å². The van der Waals surface area contributed by atoms with E-state index in [1.54, 1.807) is 19.2 Å². The number of fused-ring (bicyclic) bond motifs is 1. The number of amides is 2. The van der Waals surface area contributed by atoms with Crippen LogP contribution < -0.4 is 5.32 Å². The molecule has 1 unspecified atom stereocenters. The molecule has 0 spiro atoms. The average Bonchev–Trinajstić information content (AvgIpc) is 2.85. The number of benzene rings is 1. The Hall–Kier alpha value is -1.88. The van der Waals surface area contributed by atoms with Gasteiger partial charge in [-0.15, -0.1) is 0 Å². The molecule has 0 aromatic heterocycles. The number of nitrogens with zero attached hydrogens (tertiary/aromatic N) is 1. The molecule has 2 rings (SSSR count). The Kier molecular flexibility index (Phi) is 4.96. The highest BCUT2D eigenvalue weighted by molar-refractivity contribution is 6.02. The Morgan fingerprint density at radius 2 is 2.24 bits per heavy atom. The summed E-state index contributed by atoms with van der Waals surface area (Å²) >= 11 is 0. The lowest BCUT2D eigenvalue weighted by atomic mass is 10.1. The van der Waals surface area contributed by atoms with Crippen LogP contribution in [0.5, 0.6) is 0 Å². The van der Waals surface area contributed by atoms with Gasteiger partial charge in [0.05, 0.1) is 13.0 Å². The van der Waals surface area contributed by atoms with Crippen molar-refractivity contribution in [3.63, 3.8) is 0 Å². The number of hydrogen-bond donors (Lipinski definition) is 1. The number of carbonyl (C=O) groups is 2. The Morgan fingerprint density at radius 3 is 2.90 bits per heavy atom. The molecule has 1 N–H and O–H groups in total. The molecule has 5 nitrogen and oxygen atoms in total. The molecule has 0 aliphatic carbocycles. The Balaban J connectivity index is 2.20. The van der Waals surface area contributed by atoms with Gasteiger partial charge in [-0.2, -0.15) is 0 Å². The summed E-state index contributed by atoms with van der Waals surface area (Å²) in [5.41, 5.74) is 2.30. The normalized spacial score (nSPS) is 14.5. The van der Waals surface area contributed by atoms with E-state index in [9.17, 15) is 9.59 Å². The lowest BCUT2D eigenvalue weighted by molar-refractivity contribution is -0.115. The monoisotopic (exact) mass is 290 g/mol. The fourth-order valence-electron chi connectivity index (χ4n) is 2.45. The van der Waals surface area contributed by atoms with E-state index < -0.39 is 0 Å². The second-order valence-electron chi connectivity index (χ2n) is 5.35. The summed E-state index contributed by atoms with van der Waals surface area (Å²) in [5, 5.41) is 2.78. The van der Waals surface area contributed by atoms with Gasteiger partial charge in [0.15, 0.2) is 0 Å². The van der Waals surface area contributed by atoms with E-state index in [1.807, 2.05) is 17.9 Å². The molecule has 21 heavy (non-hydrogen) atoms. The molecule has 1 atom stereocenters. The summed E-state index contributed by atoms with van der Waals surface area (Å²) in [4.78, 5) is 25.9. The molecule has 1 aliphatic rings. The Labute approximate surface area is 125 Å². The van der Waals surface area contributed by atoms with Crippen molar-refractivity contribution in [3.8, 4) is 0 Å². The van der Waals surface area contributed by atoms with Crippen LogP contribution in [-0.2, 0) is 16.0 Å². The van der Waals surface area contributed by atoms with E-state index >= 15 is 0 Å². The quantitative estimate of drug-likeness (QED) is 0.872. The van der Waals surface area contributed by atoms with Crippen LogP contribution in [0.25, 0.3) is 0 Å². The van der Waals surface area contributed by atoms with Crippen molar-refractivity contribution < 1.29 is 14.3 Å². The molecule has 1 aromatic rings. The molecule has 0 saturated heterocycles. The second-order valence-corrected chi connectivity index (χ2v) is 5.35. The molecule has 114 valence electrons. The topological polar surface area (TPSA) is 58.6 Å². The highest BCUT2D eigenvalue weighted by atomic mass is 16.5. The van der Waals surface area contributed by atoms with Crippen molar-refractivity contribution in [2.75, 3.05) is 25.6 Å². The highest BCUT2D eigenvalue weighted by Gasteiger charge is 2.23. The van der Waals surface area contributed by atoms with Crippen LogP contribution in [0.15, 0.2) is 18.2 Å². The van der Waals surface area contributed by atoms with Gasteiger partial charge in [-0.1, -0.05) is 13.0 Å². The number of methoxy groups -OCH3 is 1. The summed E-state index contributed by atoms with van der Waals surface area (Å²) in [7, 11) is 1.63. The zero-order chi connectivity index (χ0) is 15.4. The SMILES string of the molecule is CCC(C)N(CCOC)C(=O)c1ccc2c(c1)NC(=O)C2. The number of ether oxygens (including phenoxy) is 1. The minimum absolute atomic E-state index is 0.0206. The van der Waals surface area contributed by atoms with Gasteiger partial charge < -0.3 is 15.0 Å². The van der Waals surface area contributed by atoms with E-state index in [0.29, 0.717) is 25.1 Å². The van der Waals surface area contributed by atoms with Crippen molar-refractivity contribution >= 4 is 17.5 Å². The lowest BCUT2D eigenvalue weighted by Crippen LogP contribution is -2.40. The third-order valence-electron chi connectivity index (χ3n) is 3.90. The molecular formula is C16H22N2O3. The van der Waals surface area contributed by atoms with Gasteiger partial charge >= 0.3 is 0 Å². The fraction of sp³-hybridized carbons (Fsp3) is 0.500. The summed E-state index contributed by atoms with van der Waals surface area (Å²) in [6.07, 6.45) is 1.28. The number of hydrogen-bond acceptors (Lipinski definition) is 3. The zero-order valence-corrected chi connectivity index (χ0v) is 12.8. The van der Waals surface area contributed by atoms with Gasteiger partial charge in [0, 0.05) is 30.9 Å². The minimum atomic E-state index is -0.0228. The van der Waals surface area contributed by atoms with Crippen LogP contribution >= 0.6 is 0 Å². The average molecular weight is 290 g/mol. The molecule has 0 saturated carbocycles. The minimum Gasteiger partial charge on any atom is -0.383 e. The molecule has 2 amide bonds. The third kappa shape index (κ3) is 3.42. The number of rotatable bonds is 6. The van der Waals surface area contributed by atoms with E-state index in [2.05, 4.69) is 12.2 Å². The molecule has 1 heterocycles. The summed E-state index contributed by atoms with van der Waals surface area (Å²) < 4.78 is 5.09. The van der Waals surface area contributed by atoms with Crippen LogP contribution in [0, 0.1) is 0 Å². The number of anilines is 1. The zero-order valence-electron chi connectivity index (χ0n) is 12.8. The maximum atomic E-state index is 12.7. The highest BCUT2D eigenvalue weighted by Crippen LogP contribution is 2.25. The summed E-state index contributed by atoms with van der Waals surface area (Å²) in [5.74, 6) is -0.0434. The largest absolute Gasteiger partial charge is 0.383 e. The summed E-state index contributed by atoms with van der Waals surface area (Å²) in [6.45, 7) is 5.16. The first kappa shape index (κ1) is 15.5. The smallest absolute Gasteiger partial charge is 0.254 e. The van der Waals surface area contributed by atoms with E-state index in [1.165, 1.54) is 0 Å². The Bertz CT molecular complexity index is 542. The maximum absolute atomic E-state index is 12.7. The molecule has 5 heteroatoms. The molecule has 0 bridgehead atoms. The van der Waals surface area contributed by atoms with Crippen LogP contribution in [0.2, 0.25) is 0 Å². The van der Waals surface area contributed by atoms with Crippen LogP contribution in [-0.4, -0.2) is 43.0 Å². The predicted octanol–water partition coefficient (Wildman–Crippen LogP) is 2.07. The van der Waals surface area contributed by atoms with Crippen molar-refractivity contribution in [1.29, 1.82) is 0 Å². The molecule has 0 fully saturated rings. The lowest BCUT2D eigenvalue weighted by Gasteiger charge is -2.28. The van der Waals surface area contributed by atoms with Crippen molar-refractivity contribution in [1.82, 2.24) is 4.90 Å². The van der Waals surface area contributed by atoms with E-state index in [0.717, 1.165) is 17.7 Å². The van der Waals surface area contributed by atoms with Gasteiger partial charge in [-0.05, 0) is 31.0 Å². The number of nitrogens with one attached hydrogen (secondary N) is 1. The summed E-state index contributed by atoms with van der Waals surface area (Å²) in [6, 6.07) is 5.57. The van der Waals surface area contributed by atoms with Crippen LogP contribution in [0.3, 0.4) is 0 Å². The van der Waals surface area contributed by atoms with Gasteiger partial charge in [0.1, 0.15) is 0 Å². The molecule has 1 aromatic carbocycles. The first-order chi connectivity index (χ1) is 10.1. The first-order valence-electron chi connectivity index (χ1n) is 7.29. The van der Waals surface area contributed by atoms with Gasteiger partial charge in [-0.25, -0.2) is 0 Å². The predicted molar refractivity (Wildman–Crippen MR) is 81.4 cm³/mol. The number of carbonyl (C=O) groups excluding carboxylic acids is 2. The van der Waals surface area contributed by atoms with Crippen molar-refractivity contribution in [2.24, 2.45) is 0 Å². The molecule has 0 radical (unpaired) electrons. The third-order valence-corrected chi connectivity index (χ3v) is 3.90.